The van der Waals surface area contributed by atoms with Crippen molar-refractivity contribution in [2.45, 2.75) is 25.3 Å². The lowest BCUT2D eigenvalue weighted by atomic mass is 9.95. The molecule has 1 atom stereocenters. The van der Waals surface area contributed by atoms with E-state index in [1.54, 1.807) is 13.0 Å². The van der Waals surface area contributed by atoms with Gasteiger partial charge in [0.15, 0.2) is 11.6 Å². The van der Waals surface area contributed by atoms with Crippen LogP contribution in [0.15, 0.2) is 36.5 Å². The van der Waals surface area contributed by atoms with Crippen molar-refractivity contribution in [1.82, 2.24) is 9.71 Å². The van der Waals surface area contributed by atoms with Gasteiger partial charge in [0, 0.05) is 12.2 Å². The minimum atomic E-state index is -3.48. The number of benzene rings is 1. The van der Waals surface area contributed by atoms with E-state index < -0.39 is 27.2 Å². The van der Waals surface area contributed by atoms with Crippen molar-refractivity contribution in [3.63, 3.8) is 0 Å². The zero-order valence-corrected chi connectivity index (χ0v) is 16.3. The zero-order chi connectivity index (χ0) is 20.2. The van der Waals surface area contributed by atoms with E-state index in [-0.39, 0.29) is 24.7 Å². The van der Waals surface area contributed by atoms with Crippen LogP contribution in [-0.2, 0) is 14.8 Å². The molecule has 1 N–H and O–H groups in total. The lowest BCUT2D eigenvalue weighted by Gasteiger charge is -2.37. The summed E-state index contributed by atoms with van der Waals surface area (Å²) in [6.45, 7) is 2.19. The van der Waals surface area contributed by atoms with Gasteiger partial charge in [-0.2, -0.15) is 0 Å². The van der Waals surface area contributed by atoms with Crippen molar-refractivity contribution < 1.29 is 26.7 Å². The van der Waals surface area contributed by atoms with Crippen molar-refractivity contribution in [1.29, 1.82) is 0 Å². The molecule has 3 rings (SSSR count). The molecule has 0 radical (unpaired) electrons. The average molecular weight is 412 g/mol. The first-order chi connectivity index (χ1) is 13.3. The van der Waals surface area contributed by atoms with Crippen LogP contribution in [0.5, 0.6) is 5.75 Å². The number of aromatic nitrogens is 1. The standard InChI is InChI=1S/C19H22F2N2O4S/c1-2-28(24,25)23-19(8-3-9-26-12-19)13-27-18-7-4-14(10-16(18)21)17-6-5-15(20)11-22-17/h4-7,10-11,23H,2-3,8-9,12-13H2,1H3. The summed E-state index contributed by atoms with van der Waals surface area (Å²) in [5.41, 5.74) is -0.0246. The lowest BCUT2D eigenvalue weighted by Crippen LogP contribution is -2.57. The molecule has 0 saturated carbocycles. The first-order valence-electron chi connectivity index (χ1n) is 8.96. The van der Waals surface area contributed by atoms with Gasteiger partial charge in [-0.05, 0) is 50.1 Å². The lowest BCUT2D eigenvalue weighted by molar-refractivity contribution is 0.00834. The zero-order valence-electron chi connectivity index (χ0n) is 15.5. The molecule has 1 aromatic heterocycles. The van der Waals surface area contributed by atoms with Crippen LogP contribution in [0.25, 0.3) is 11.3 Å². The van der Waals surface area contributed by atoms with Gasteiger partial charge >= 0.3 is 0 Å². The minimum Gasteiger partial charge on any atom is -0.488 e. The number of hydrogen-bond donors (Lipinski definition) is 1. The first-order valence-corrected chi connectivity index (χ1v) is 10.6. The van der Waals surface area contributed by atoms with Gasteiger partial charge in [-0.25, -0.2) is 21.9 Å². The van der Waals surface area contributed by atoms with Gasteiger partial charge < -0.3 is 9.47 Å². The minimum absolute atomic E-state index is 0.00786. The number of hydrogen-bond acceptors (Lipinski definition) is 5. The molecule has 2 heterocycles. The van der Waals surface area contributed by atoms with Crippen LogP contribution in [0.1, 0.15) is 19.8 Å². The summed E-state index contributed by atoms with van der Waals surface area (Å²) in [6.07, 6.45) is 2.27. The van der Waals surface area contributed by atoms with E-state index in [9.17, 15) is 17.2 Å². The van der Waals surface area contributed by atoms with E-state index >= 15 is 0 Å². The maximum Gasteiger partial charge on any atom is 0.212 e. The number of nitrogens with one attached hydrogen (secondary N) is 1. The molecule has 152 valence electrons. The maximum atomic E-state index is 14.5. The largest absolute Gasteiger partial charge is 0.488 e. The number of pyridine rings is 1. The van der Waals surface area contributed by atoms with Crippen LogP contribution < -0.4 is 9.46 Å². The molecule has 1 aromatic carbocycles. The Morgan fingerprint density at radius 1 is 1.29 bits per heavy atom. The Bertz CT molecular complexity index is 914. The third-order valence-corrected chi connectivity index (χ3v) is 6.04. The van der Waals surface area contributed by atoms with Gasteiger partial charge in [-0.3, -0.25) is 4.98 Å². The van der Waals surface area contributed by atoms with E-state index in [1.807, 2.05) is 0 Å². The fraction of sp³-hybridized carbons (Fsp3) is 0.421. The Morgan fingerprint density at radius 2 is 2.11 bits per heavy atom. The Balaban J connectivity index is 1.75. The molecule has 6 nitrogen and oxygen atoms in total. The van der Waals surface area contributed by atoms with Crippen LogP contribution >= 0.6 is 0 Å². The van der Waals surface area contributed by atoms with Gasteiger partial charge in [0.25, 0.3) is 0 Å². The van der Waals surface area contributed by atoms with Crippen LogP contribution in [0.4, 0.5) is 8.78 Å². The van der Waals surface area contributed by atoms with E-state index in [0.717, 1.165) is 6.20 Å². The normalized spacial score (nSPS) is 20.1. The fourth-order valence-electron chi connectivity index (χ4n) is 3.02. The first kappa shape index (κ1) is 20.6. The highest BCUT2D eigenvalue weighted by molar-refractivity contribution is 7.89. The molecule has 0 aliphatic carbocycles. The van der Waals surface area contributed by atoms with Crippen LogP contribution in [-0.4, -0.2) is 44.5 Å². The second-order valence-corrected chi connectivity index (χ2v) is 8.75. The van der Waals surface area contributed by atoms with E-state index in [0.29, 0.717) is 30.7 Å². The molecule has 1 fully saturated rings. The Hall–Kier alpha value is -2.10. The number of halogens is 2. The smallest absolute Gasteiger partial charge is 0.212 e. The molecule has 0 amide bonds. The van der Waals surface area contributed by atoms with Crippen LogP contribution in [0.2, 0.25) is 0 Å². The summed E-state index contributed by atoms with van der Waals surface area (Å²) < 4.78 is 65.3. The van der Waals surface area contributed by atoms with Crippen molar-refractivity contribution >= 4 is 10.0 Å². The Morgan fingerprint density at radius 3 is 2.71 bits per heavy atom. The number of nitrogens with zero attached hydrogens (tertiary/aromatic N) is 1. The van der Waals surface area contributed by atoms with Gasteiger partial charge in [0.1, 0.15) is 12.4 Å². The van der Waals surface area contributed by atoms with Gasteiger partial charge in [-0.15, -0.1) is 0 Å². The van der Waals surface area contributed by atoms with Crippen LogP contribution in [0.3, 0.4) is 0 Å². The number of ether oxygens (including phenoxy) is 2. The van der Waals surface area contributed by atoms with Crippen molar-refractivity contribution in [2.24, 2.45) is 0 Å². The monoisotopic (exact) mass is 412 g/mol. The Labute approximate surface area is 162 Å². The van der Waals surface area contributed by atoms with Crippen molar-refractivity contribution in [2.75, 3.05) is 25.6 Å². The molecular formula is C19H22F2N2O4S. The van der Waals surface area contributed by atoms with E-state index in [2.05, 4.69) is 9.71 Å². The summed E-state index contributed by atoms with van der Waals surface area (Å²) in [4.78, 5) is 3.92. The third-order valence-electron chi connectivity index (χ3n) is 4.53. The topological polar surface area (TPSA) is 77.5 Å². The molecule has 1 unspecified atom stereocenters. The van der Waals surface area contributed by atoms with Crippen molar-refractivity contribution in [3.05, 3.63) is 48.2 Å². The number of sulfonamides is 1. The van der Waals surface area contributed by atoms with Gasteiger partial charge in [0.2, 0.25) is 10.0 Å². The summed E-state index contributed by atoms with van der Waals surface area (Å²) in [5.74, 6) is -1.17. The predicted molar refractivity (Wildman–Crippen MR) is 100 cm³/mol. The fourth-order valence-corrected chi connectivity index (χ4v) is 4.04. The third kappa shape index (κ3) is 5.03. The summed E-state index contributed by atoms with van der Waals surface area (Å²) in [5, 5.41) is 0. The molecule has 0 bridgehead atoms. The average Bonchev–Trinajstić information content (AvgIpc) is 2.68. The summed E-state index contributed by atoms with van der Waals surface area (Å²) in [6, 6.07) is 7.01. The SMILES string of the molecule is CCS(=O)(=O)NC1(COc2ccc(-c3ccc(F)cn3)cc2F)CCCOC1. The molecule has 1 saturated heterocycles. The van der Waals surface area contributed by atoms with E-state index in [4.69, 9.17) is 9.47 Å². The summed E-state index contributed by atoms with van der Waals surface area (Å²) >= 11 is 0. The second-order valence-electron chi connectivity index (χ2n) is 6.74. The Kier molecular flexibility index (Phi) is 6.26. The van der Waals surface area contributed by atoms with E-state index in [1.165, 1.54) is 24.3 Å². The van der Waals surface area contributed by atoms with Crippen molar-refractivity contribution in [3.8, 4) is 17.0 Å². The quantitative estimate of drug-likeness (QED) is 0.757. The molecule has 0 spiro atoms. The molecule has 28 heavy (non-hydrogen) atoms. The maximum absolute atomic E-state index is 14.5. The van der Waals surface area contributed by atoms with Gasteiger partial charge in [-0.1, -0.05) is 0 Å². The highest BCUT2D eigenvalue weighted by Gasteiger charge is 2.37. The molecular weight excluding hydrogens is 390 g/mol. The highest BCUT2D eigenvalue weighted by Crippen LogP contribution is 2.27. The second kappa shape index (κ2) is 8.50. The molecule has 1 aliphatic heterocycles. The van der Waals surface area contributed by atoms with Crippen LogP contribution in [0, 0.1) is 11.6 Å². The number of rotatable bonds is 7. The molecule has 1 aliphatic rings. The summed E-state index contributed by atoms with van der Waals surface area (Å²) in [7, 11) is -3.48. The highest BCUT2D eigenvalue weighted by atomic mass is 32.2. The van der Waals surface area contributed by atoms with Gasteiger partial charge in [0.05, 0.1) is 29.8 Å². The molecule has 9 heteroatoms. The molecule has 2 aromatic rings. The predicted octanol–water partition coefficient (Wildman–Crippen LogP) is 2.89.